The van der Waals surface area contributed by atoms with Crippen LogP contribution in [0.15, 0.2) is 24.4 Å². The van der Waals surface area contributed by atoms with Crippen LogP contribution in [0, 0.1) is 5.92 Å². The Morgan fingerprint density at radius 3 is 2.79 bits per heavy atom. The Morgan fingerprint density at radius 1 is 1.42 bits per heavy atom. The minimum atomic E-state index is 0.224. The molecule has 0 saturated heterocycles. The Labute approximate surface area is 114 Å². The molecule has 1 amide bonds. The van der Waals surface area contributed by atoms with E-state index in [1.165, 1.54) is 0 Å². The average Bonchev–Trinajstić information content (AvgIpc) is 3.20. The Hall–Kier alpha value is -1.42. The summed E-state index contributed by atoms with van der Waals surface area (Å²) in [5.41, 5.74) is 0.993. The van der Waals surface area contributed by atoms with Gasteiger partial charge in [-0.1, -0.05) is 6.07 Å². The lowest BCUT2D eigenvalue weighted by Crippen LogP contribution is -2.48. The molecule has 0 radical (unpaired) electrons. The van der Waals surface area contributed by atoms with Gasteiger partial charge in [-0.3, -0.25) is 9.78 Å². The number of pyridine rings is 1. The number of carbonyl (C=O) groups excluding carboxylic acids is 1. The van der Waals surface area contributed by atoms with Gasteiger partial charge in [0, 0.05) is 24.2 Å². The molecule has 102 valence electrons. The third-order valence-electron chi connectivity index (χ3n) is 4.22. The SMILES string of the molecule is CNC1CC(C(=O)N(Cc2ccccn2)C2CC2)C1. The molecule has 1 heterocycles. The van der Waals surface area contributed by atoms with Crippen LogP contribution < -0.4 is 5.32 Å². The number of hydrogen-bond acceptors (Lipinski definition) is 3. The maximum absolute atomic E-state index is 12.5. The van der Waals surface area contributed by atoms with E-state index in [0.717, 1.165) is 31.4 Å². The summed E-state index contributed by atoms with van der Waals surface area (Å²) in [6, 6.07) is 6.89. The zero-order chi connectivity index (χ0) is 13.2. The van der Waals surface area contributed by atoms with E-state index in [1.54, 1.807) is 6.20 Å². The summed E-state index contributed by atoms with van der Waals surface area (Å²) in [6.07, 6.45) is 6.08. The Kier molecular flexibility index (Phi) is 3.51. The molecule has 2 aliphatic rings. The van der Waals surface area contributed by atoms with Gasteiger partial charge in [0.15, 0.2) is 0 Å². The number of nitrogens with zero attached hydrogens (tertiary/aromatic N) is 2. The summed E-state index contributed by atoms with van der Waals surface area (Å²) in [4.78, 5) is 18.9. The number of hydrogen-bond donors (Lipinski definition) is 1. The van der Waals surface area contributed by atoms with E-state index in [0.29, 0.717) is 24.5 Å². The van der Waals surface area contributed by atoms with Crippen molar-refractivity contribution in [1.82, 2.24) is 15.2 Å². The number of nitrogens with one attached hydrogen (secondary N) is 1. The molecule has 1 aromatic heterocycles. The van der Waals surface area contributed by atoms with Crippen LogP contribution in [-0.2, 0) is 11.3 Å². The largest absolute Gasteiger partial charge is 0.334 e. The van der Waals surface area contributed by atoms with Crippen LogP contribution in [0.25, 0.3) is 0 Å². The second-order valence-electron chi connectivity index (χ2n) is 5.67. The van der Waals surface area contributed by atoms with Crippen LogP contribution in [0.1, 0.15) is 31.4 Å². The van der Waals surface area contributed by atoms with Crippen molar-refractivity contribution in [3.63, 3.8) is 0 Å². The fourth-order valence-electron chi connectivity index (χ4n) is 2.73. The predicted molar refractivity (Wildman–Crippen MR) is 73.4 cm³/mol. The van der Waals surface area contributed by atoms with Crippen LogP contribution in [0.5, 0.6) is 0 Å². The van der Waals surface area contributed by atoms with Gasteiger partial charge in [-0.2, -0.15) is 0 Å². The highest BCUT2D eigenvalue weighted by Gasteiger charge is 2.40. The molecular formula is C15H21N3O. The summed E-state index contributed by atoms with van der Waals surface area (Å²) < 4.78 is 0. The van der Waals surface area contributed by atoms with Gasteiger partial charge in [0.2, 0.25) is 5.91 Å². The van der Waals surface area contributed by atoms with E-state index in [4.69, 9.17) is 0 Å². The third-order valence-corrected chi connectivity index (χ3v) is 4.22. The number of amides is 1. The number of carbonyl (C=O) groups is 1. The average molecular weight is 259 g/mol. The molecular weight excluding hydrogens is 238 g/mol. The molecule has 0 spiro atoms. The molecule has 0 bridgehead atoms. The monoisotopic (exact) mass is 259 g/mol. The van der Waals surface area contributed by atoms with Crippen LogP contribution >= 0.6 is 0 Å². The highest BCUT2D eigenvalue weighted by Crippen LogP contribution is 2.35. The molecule has 0 atom stereocenters. The summed E-state index contributed by atoms with van der Waals surface area (Å²) in [5, 5.41) is 3.24. The zero-order valence-electron chi connectivity index (χ0n) is 11.4. The predicted octanol–water partition coefficient (Wildman–Crippen LogP) is 1.57. The summed E-state index contributed by atoms with van der Waals surface area (Å²) in [7, 11) is 1.97. The van der Waals surface area contributed by atoms with Crippen molar-refractivity contribution in [2.75, 3.05) is 7.05 Å². The summed E-state index contributed by atoms with van der Waals surface area (Å²) in [5.74, 6) is 0.557. The third kappa shape index (κ3) is 2.78. The lowest BCUT2D eigenvalue weighted by atomic mass is 9.79. The summed E-state index contributed by atoms with van der Waals surface area (Å²) >= 11 is 0. The maximum atomic E-state index is 12.5. The Balaban J connectivity index is 1.63. The van der Waals surface area contributed by atoms with E-state index in [-0.39, 0.29) is 5.92 Å². The maximum Gasteiger partial charge on any atom is 0.226 e. The number of aromatic nitrogens is 1. The Bertz CT molecular complexity index is 438. The van der Waals surface area contributed by atoms with Crippen molar-refractivity contribution in [3.05, 3.63) is 30.1 Å². The standard InChI is InChI=1S/C15H21N3O/c1-16-13-8-11(9-13)15(19)18(14-5-6-14)10-12-4-2-3-7-17-12/h2-4,7,11,13-14,16H,5-6,8-10H2,1H3. The highest BCUT2D eigenvalue weighted by molar-refractivity contribution is 5.80. The molecule has 2 aliphatic carbocycles. The lowest BCUT2D eigenvalue weighted by molar-refractivity contribution is -0.140. The van der Waals surface area contributed by atoms with Gasteiger partial charge in [0.1, 0.15) is 0 Å². The molecule has 0 unspecified atom stereocenters. The molecule has 4 nitrogen and oxygen atoms in total. The van der Waals surface area contributed by atoms with E-state index in [9.17, 15) is 4.79 Å². The number of rotatable bonds is 5. The van der Waals surface area contributed by atoms with Crippen molar-refractivity contribution < 1.29 is 4.79 Å². The molecule has 2 saturated carbocycles. The van der Waals surface area contributed by atoms with Crippen LogP contribution in [0.3, 0.4) is 0 Å². The van der Waals surface area contributed by atoms with Gasteiger partial charge in [0.25, 0.3) is 0 Å². The fraction of sp³-hybridized carbons (Fsp3) is 0.600. The molecule has 1 aromatic rings. The van der Waals surface area contributed by atoms with Crippen LogP contribution in [0.2, 0.25) is 0 Å². The second kappa shape index (κ2) is 5.29. The van der Waals surface area contributed by atoms with Gasteiger partial charge >= 0.3 is 0 Å². The van der Waals surface area contributed by atoms with Crippen molar-refractivity contribution in [1.29, 1.82) is 0 Å². The first-order chi connectivity index (χ1) is 9.28. The Morgan fingerprint density at radius 2 is 2.21 bits per heavy atom. The van der Waals surface area contributed by atoms with Gasteiger partial charge < -0.3 is 10.2 Å². The van der Waals surface area contributed by atoms with Crippen LogP contribution in [-0.4, -0.2) is 34.9 Å². The second-order valence-corrected chi connectivity index (χ2v) is 5.67. The fourth-order valence-corrected chi connectivity index (χ4v) is 2.73. The van der Waals surface area contributed by atoms with Gasteiger partial charge in [-0.05, 0) is 44.9 Å². The minimum absolute atomic E-state index is 0.224. The topological polar surface area (TPSA) is 45.2 Å². The van der Waals surface area contributed by atoms with E-state index in [2.05, 4.69) is 15.2 Å². The molecule has 19 heavy (non-hydrogen) atoms. The lowest BCUT2D eigenvalue weighted by Gasteiger charge is -2.37. The minimum Gasteiger partial charge on any atom is -0.334 e. The van der Waals surface area contributed by atoms with E-state index >= 15 is 0 Å². The van der Waals surface area contributed by atoms with Crippen molar-refractivity contribution in [2.24, 2.45) is 5.92 Å². The van der Waals surface area contributed by atoms with Crippen molar-refractivity contribution in [2.45, 2.75) is 44.3 Å². The van der Waals surface area contributed by atoms with Crippen molar-refractivity contribution >= 4 is 5.91 Å². The smallest absolute Gasteiger partial charge is 0.226 e. The molecule has 0 aliphatic heterocycles. The van der Waals surface area contributed by atoms with E-state index < -0.39 is 0 Å². The van der Waals surface area contributed by atoms with Gasteiger partial charge in [-0.15, -0.1) is 0 Å². The molecule has 2 fully saturated rings. The first-order valence-corrected chi connectivity index (χ1v) is 7.15. The highest BCUT2D eigenvalue weighted by atomic mass is 16.2. The van der Waals surface area contributed by atoms with Gasteiger partial charge in [0.05, 0.1) is 12.2 Å². The quantitative estimate of drug-likeness (QED) is 0.873. The molecule has 4 heteroatoms. The normalized spacial score (nSPS) is 25.7. The van der Waals surface area contributed by atoms with Crippen molar-refractivity contribution in [3.8, 4) is 0 Å². The molecule has 0 aromatic carbocycles. The first kappa shape index (κ1) is 12.6. The van der Waals surface area contributed by atoms with Gasteiger partial charge in [-0.25, -0.2) is 0 Å². The van der Waals surface area contributed by atoms with E-state index in [1.807, 2.05) is 25.2 Å². The zero-order valence-corrected chi connectivity index (χ0v) is 11.4. The molecule has 3 rings (SSSR count). The first-order valence-electron chi connectivity index (χ1n) is 7.15. The van der Waals surface area contributed by atoms with Crippen LogP contribution in [0.4, 0.5) is 0 Å². The summed E-state index contributed by atoms with van der Waals surface area (Å²) in [6.45, 7) is 0.672. The molecule has 1 N–H and O–H groups in total.